The lowest BCUT2D eigenvalue weighted by molar-refractivity contribution is 0.0922. The first kappa shape index (κ1) is 21.4. The third-order valence-corrected chi connectivity index (χ3v) is 6.47. The van der Waals surface area contributed by atoms with E-state index in [9.17, 15) is 13.2 Å². The zero-order valence-electron chi connectivity index (χ0n) is 17.1. The van der Waals surface area contributed by atoms with Gasteiger partial charge in [0.05, 0.1) is 16.9 Å². The van der Waals surface area contributed by atoms with Crippen LogP contribution in [0.5, 0.6) is 11.5 Å². The largest absolute Gasteiger partial charge is 0.459 e. The highest BCUT2D eigenvalue weighted by Crippen LogP contribution is 2.25. The van der Waals surface area contributed by atoms with Crippen LogP contribution in [-0.4, -0.2) is 14.3 Å². The van der Waals surface area contributed by atoms with Gasteiger partial charge >= 0.3 is 0 Å². The van der Waals surface area contributed by atoms with Crippen LogP contribution >= 0.6 is 0 Å². The molecule has 0 spiro atoms. The summed E-state index contributed by atoms with van der Waals surface area (Å²) in [7, 11) is -3.61. The predicted octanol–water partition coefficient (Wildman–Crippen LogP) is 4.98. The van der Waals surface area contributed by atoms with Gasteiger partial charge in [-0.05, 0) is 36.4 Å². The Bertz CT molecular complexity index is 1300. The number of amides is 1. The molecule has 1 aromatic heterocycles. The summed E-state index contributed by atoms with van der Waals surface area (Å²) in [5, 5.41) is 2.79. The first-order valence-corrected chi connectivity index (χ1v) is 11.6. The number of hydrogen-bond donors (Lipinski definition) is 1. The molecule has 6 nitrogen and oxygen atoms in total. The minimum Gasteiger partial charge on any atom is -0.459 e. The molecular formula is C25H21NO5S. The molecule has 0 saturated heterocycles. The van der Waals surface area contributed by atoms with Crippen LogP contribution in [0.2, 0.25) is 0 Å². The monoisotopic (exact) mass is 447 g/mol. The van der Waals surface area contributed by atoms with E-state index in [0.717, 1.165) is 5.56 Å². The molecule has 7 heteroatoms. The lowest BCUT2D eigenvalue weighted by Crippen LogP contribution is -2.24. The average molecular weight is 448 g/mol. The van der Waals surface area contributed by atoms with Gasteiger partial charge in [0.25, 0.3) is 5.91 Å². The molecule has 4 aromatic rings. The summed E-state index contributed by atoms with van der Waals surface area (Å²) >= 11 is 0. The van der Waals surface area contributed by atoms with E-state index >= 15 is 0 Å². The van der Waals surface area contributed by atoms with Crippen molar-refractivity contribution in [3.8, 4) is 11.5 Å². The number of sulfone groups is 1. The molecule has 32 heavy (non-hydrogen) atoms. The Morgan fingerprint density at radius 1 is 0.812 bits per heavy atom. The molecule has 0 aliphatic carbocycles. The lowest BCUT2D eigenvalue weighted by atomic mass is 10.2. The molecular weight excluding hydrogens is 426 g/mol. The Labute approximate surface area is 186 Å². The molecule has 0 aliphatic rings. The summed E-state index contributed by atoms with van der Waals surface area (Å²) in [6, 6.07) is 26.3. The molecule has 1 N–H and O–H groups in total. The van der Waals surface area contributed by atoms with Crippen LogP contribution in [0.3, 0.4) is 0 Å². The van der Waals surface area contributed by atoms with Gasteiger partial charge in [-0.25, -0.2) is 8.42 Å². The van der Waals surface area contributed by atoms with Gasteiger partial charge in [-0.2, -0.15) is 0 Å². The first-order valence-electron chi connectivity index (χ1n) is 9.96. The molecule has 162 valence electrons. The summed E-state index contributed by atoms with van der Waals surface area (Å²) < 4.78 is 36.6. The molecule has 3 aromatic carbocycles. The maximum atomic E-state index is 12.8. The number of nitrogens with one attached hydrogen (secondary N) is 1. The Hall–Kier alpha value is -3.84. The lowest BCUT2D eigenvalue weighted by Gasteiger charge is -2.12. The minimum atomic E-state index is -3.61. The summed E-state index contributed by atoms with van der Waals surface area (Å²) in [5.41, 5.74) is 1.08. The predicted molar refractivity (Wildman–Crippen MR) is 120 cm³/mol. The van der Waals surface area contributed by atoms with Gasteiger partial charge in [-0.3, -0.25) is 4.79 Å². The maximum Gasteiger partial charge on any atom is 0.287 e. The van der Waals surface area contributed by atoms with Gasteiger partial charge in [-0.1, -0.05) is 54.6 Å². The van der Waals surface area contributed by atoms with E-state index in [-0.39, 0.29) is 23.0 Å². The number of rotatable bonds is 8. The summed E-state index contributed by atoms with van der Waals surface area (Å²) in [6.45, 7) is 0.188. The smallest absolute Gasteiger partial charge is 0.287 e. The van der Waals surface area contributed by atoms with E-state index in [0.29, 0.717) is 17.1 Å². The van der Waals surface area contributed by atoms with Crippen LogP contribution in [0.4, 0.5) is 0 Å². The second kappa shape index (κ2) is 9.53. The first-order chi connectivity index (χ1) is 15.5. The van der Waals surface area contributed by atoms with Crippen molar-refractivity contribution < 1.29 is 22.4 Å². The maximum absolute atomic E-state index is 12.8. The van der Waals surface area contributed by atoms with Crippen LogP contribution in [0, 0.1) is 0 Å². The molecule has 0 atom stereocenters. The molecule has 0 fully saturated rings. The third-order valence-electron chi connectivity index (χ3n) is 4.78. The van der Waals surface area contributed by atoms with Crippen LogP contribution in [0.25, 0.3) is 0 Å². The Morgan fingerprint density at radius 3 is 2.22 bits per heavy atom. The number of hydrogen-bond acceptors (Lipinski definition) is 5. The van der Waals surface area contributed by atoms with Crippen molar-refractivity contribution in [3.05, 3.63) is 114 Å². The van der Waals surface area contributed by atoms with E-state index in [4.69, 9.17) is 9.15 Å². The van der Waals surface area contributed by atoms with E-state index in [1.807, 2.05) is 54.6 Å². The van der Waals surface area contributed by atoms with Crippen molar-refractivity contribution in [2.75, 3.05) is 0 Å². The minimum absolute atomic E-state index is 0.0223. The molecule has 1 heterocycles. The van der Waals surface area contributed by atoms with Crippen molar-refractivity contribution in [3.63, 3.8) is 0 Å². The van der Waals surface area contributed by atoms with E-state index in [1.54, 1.807) is 18.2 Å². The molecule has 0 saturated carbocycles. The highest BCUT2D eigenvalue weighted by Gasteiger charge is 2.22. The van der Waals surface area contributed by atoms with Crippen LogP contribution in [-0.2, 0) is 22.1 Å². The van der Waals surface area contributed by atoms with Crippen molar-refractivity contribution >= 4 is 15.7 Å². The Kier molecular flexibility index (Phi) is 6.37. The van der Waals surface area contributed by atoms with E-state index < -0.39 is 15.7 Å². The topological polar surface area (TPSA) is 85.6 Å². The molecule has 0 radical (unpaired) electrons. The Morgan fingerprint density at radius 2 is 1.47 bits per heavy atom. The number of carbonyl (C=O) groups excluding carboxylic acids is 1. The molecule has 0 aliphatic heterocycles. The highest BCUT2D eigenvalue weighted by molar-refractivity contribution is 7.90. The van der Waals surface area contributed by atoms with Crippen LogP contribution in [0.15, 0.2) is 107 Å². The standard InChI is InChI=1S/C25H21NO5S/c27-25(24-20(15-16-30-24)18-32(28,29)22-12-5-2-6-13-22)26-17-19-9-7-8-14-23(19)31-21-10-3-1-4-11-21/h1-16H,17-18H2,(H,26,27). The Balaban J connectivity index is 1.46. The van der Waals surface area contributed by atoms with Gasteiger partial charge in [0.15, 0.2) is 15.6 Å². The van der Waals surface area contributed by atoms with Gasteiger partial charge in [0.2, 0.25) is 0 Å². The fraction of sp³-hybridized carbons (Fsp3) is 0.0800. The van der Waals surface area contributed by atoms with E-state index in [2.05, 4.69) is 5.32 Å². The summed E-state index contributed by atoms with van der Waals surface area (Å²) in [4.78, 5) is 12.9. The van der Waals surface area contributed by atoms with E-state index in [1.165, 1.54) is 24.5 Å². The van der Waals surface area contributed by atoms with Crippen molar-refractivity contribution in [2.24, 2.45) is 0 Å². The molecule has 1 amide bonds. The fourth-order valence-corrected chi connectivity index (χ4v) is 4.56. The zero-order valence-corrected chi connectivity index (χ0v) is 17.9. The SMILES string of the molecule is O=C(NCc1ccccc1Oc1ccccc1)c1occc1CS(=O)(=O)c1ccccc1. The third kappa shape index (κ3) is 5.07. The molecule has 0 unspecified atom stereocenters. The summed E-state index contributed by atoms with van der Waals surface area (Å²) in [5.74, 6) is 0.453. The average Bonchev–Trinajstić information content (AvgIpc) is 3.27. The number of ether oxygens (including phenoxy) is 1. The molecule has 4 rings (SSSR count). The number of benzene rings is 3. The number of para-hydroxylation sites is 2. The second-order valence-corrected chi connectivity index (χ2v) is 9.04. The van der Waals surface area contributed by atoms with Crippen molar-refractivity contribution in [1.82, 2.24) is 5.32 Å². The summed E-state index contributed by atoms with van der Waals surface area (Å²) in [6.07, 6.45) is 1.32. The highest BCUT2D eigenvalue weighted by atomic mass is 32.2. The van der Waals surface area contributed by atoms with Gasteiger partial charge < -0.3 is 14.5 Å². The second-order valence-electron chi connectivity index (χ2n) is 7.05. The number of carbonyl (C=O) groups is 1. The molecule has 0 bridgehead atoms. The normalized spacial score (nSPS) is 11.1. The van der Waals surface area contributed by atoms with Crippen molar-refractivity contribution in [1.29, 1.82) is 0 Å². The van der Waals surface area contributed by atoms with Gasteiger partial charge in [-0.15, -0.1) is 0 Å². The zero-order chi connectivity index (χ0) is 22.4. The van der Waals surface area contributed by atoms with Gasteiger partial charge in [0.1, 0.15) is 11.5 Å². The quantitative estimate of drug-likeness (QED) is 0.412. The van der Waals surface area contributed by atoms with Crippen molar-refractivity contribution in [2.45, 2.75) is 17.2 Å². The number of furan rings is 1. The fourth-order valence-electron chi connectivity index (χ4n) is 3.19. The van der Waals surface area contributed by atoms with Crippen LogP contribution < -0.4 is 10.1 Å². The van der Waals surface area contributed by atoms with Gasteiger partial charge in [0, 0.05) is 17.7 Å². The van der Waals surface area contributed by atoms with Crippen LogP contribution in [0.1, 0.15) is 21.7 Å².